The van der Waals surface area contributed by atoms with Crippen LogP contribution >= 0.6 is 15.9 Å². The van der Waals surface area contributed by atoms with Crippen molar-refractivity contribution in [2.75, 3.05) is 9.96 Å². The first-order chi connectivity index (χ1) is 17.6. The summed E-state index contributed by atoms with van der Waals surface area (Å²) in [6, 6.07) is 15.2. The summed E-state index contributed by atoms with van der Waals surface area (Å²) in [5.41, 5.74) is 1.07. The number of nitrogens with zero attached hydrogens (tertiary/aromatic N) is 2. The van der Waals surface area contributed by atoms with Crippen molar-refractivity contribution in [2.24, 2.45) is 5.92 Å². The van der Waals surface area contributed by atoms with Crippen LogP contribution in [0.3, 0.4) is 0 Å². The molecular weight excluding hydrogens is 548 g/mol. The highest BCUT2D eigenvalue weighted by Crippen LogP contribution is 2.47. The number of esters is 1. The second-order valence-corrected chi connectivity index (χ2v) is 10.8. The molecule has 0 N–H and O–H groups in total. The third kappa shape index (κ3) is 4.05. The zero-order valence-electron chi connectivity index (χ0n) is 20.3. The van der Waals surface area contributed by atoms with E-state index in [0.29, 0.717) is 11.4 Å². The van der Waals surface area contributed by atoms with Gasteiger partial charge in [-0.15, -0.1) is 0 Å². The number of ether oxygens (including phenoxy) is 4. The van der Waals surface area contributed by atoms with Gasteiger partial charge in [-0.2, -0.15) is 0 Å². The monoisotopic (exact) mass is 572 g/mol. The fourth-order valence-corrected chi connectivity index (χ4v) is 5.80. The molecule has 4 saturated heterocycles. The van der Waals surface area contributed by atoms with Crippen molar-refractivity contribution in [1.82, 2.24) is 0 Å². The van der Waals surface area contributed by atoms with E-state index in [4.69, 9.17) is 23.8 Å². The number of para-hydroxylation sites is 1. The molecule has 0 unspecified atom stereocenters. The summed E-state index contributed by atoms with van der Waals surface area (Å²) < 4.78 is 24.7. The van der Waals surface area contributed by atoms with E-state index >= 15 is 0 Å². The van der Waals surface area contributed by atoms with Crippen LogP contribution < -0.4 is 9.96 Å². The van der Waals surface area contributed by atoms with E-state index in [1.165, 1.54) is 12.0 Å². The van der Waals surface area contributed by atoms with E-state index in [1.54, 1.807) is 38.1 Å². The van der Waals surface area contributed by atoms with Crippen LogP contribution in [0.2, 0.25) is 0 Å². The molecule has 6 rings (SSSR count). The zero-order chi connectivity index (χ0) is 26.1. The maximum Gasteiger partial charge on any atom is 0.303 e. The number of hydrogen-bond acceptors (Lipinski definition) is 9. The molecule has 0 aromatic heterocycles. The summed E-state index contributed by atoms with van der Waals surface area (Å²) in [5.74, 6) is -3.29. The van der Waals surface area contributed by atoms with Crippen LogP contribution in [0.5, 0.6) is 0 Å². The lowest BCUT2D eigenvalue weighted by Crippen LogP contribution is -2.53. The smallest absolute Gasteiger partial charge is 0.303 e. The van der Waals surface area contributed by atoms with E-state index in [2.05, 4.69) is 15.9 Å². The molecule has 4 aliphatic rings. The molecule has 4 heterocycles. The van der Waals surface area contributed by atoms with Gasteiger partial charge in [0.25, 0.3) is 5.91 Å². The number of carbonyl (C=O) groups excluding carboxylic acids is 3. The molecule has 4 aliphatic heterocycles. The Labute approximate surface area is 221 Å². The van der Waals surface area contributed by atoms with Crippen LogP contribution in [-0.4, -0.2) is 60.3 Å². The molecule has 2 aromatic carbocycles. The van der Waals surface area contributed by atoms with Crippen molar-refractivity contribution in [3.05, 3.63) is 59.1 Å². The highest BCUT2D eigenvalue weighted by Gasteiger charge is 2.67. The second kappa shape index (κ2) is 8.88. The second-order valence-electron chi connectivity index (χ2n) is 9.84. The van der Waals surface area contributed by atoms with Gasteiger partial charge in [-0.05, 0) is 50.2 Å². The summed E-state index contributed by atoms with van der Waals surface area (Å²) in [7, 11) is 0. The number of imide groups is 1. The first-order valence-corrected chi connectivity index (χ1v) is 12.8. The molecule has 0 aliphatic carbocycles. The summed E-state index contributed by atoms with van der Waals surface area (Å²) >= 11 is 3.38. The molecule has 0 radical (unpaired) electrons. The van der Waals surface area contributed by atoms with E-state index in [9.17, 15) is 14.4 Å². The number of hydroxylamine groups is 1. The van der Waals surface area contributed by atoms with Crippen LogP contribution in [0, 0.1) is 5.92 Å². The van der Waals surface area contributed by atoms with E-state index in [-0.39, 0.29) is 0 Å². The van der Waals surface area contributed by atoms with Crippen LogP contribution in [0.15, 0.2) is 59.1 Å². The van der Waals surface area contributed by atoms with E-state index in [1.807, 2.05) is 30.3 Å². The third-order valence-corrected chi connectivity index (χ3v) is 7.45. The van der Waals surface area contributed by atoms with Gasteiger partial charge < -0.3 is 18.9 Å². The molecule has 0 saturated carbocycles. The highest BCUT2D eigenvalue weighted by molar-refractivity contribution is 9.10. The van der Waals surface area contributed by atoms with Crippen LogP contribution in [-0.2, 0) is 38.2 Å². The van der Waals surface area contributed by atoms with Gasteiger partial charge in [0, 0.05) is 11.4 Å². The third-order valence-electron chi connectivity index (χ3n) is 6.92. The number of amides is 2. The Hall–Kier alpha value is -2.83. The maximum atomic E-state index is 13.9. The van der Waals surface area contributed by atoms with Crippen LogP contribution in [0.1, 0.15) is 20.8 Å². The molecule has 4 fully saturated rings. The maximum absolute atomic E-state index is 13.9. The largest absolute Gasteiger partial charge is 0.457 e. The molecule has 37 heavy (non-hydrogen) atoms. The van der Waals surface area contributed by atoms with Crippen molar-refractivity contribution in [3.63, 3.8) is 0 Å². The Kier molecular flexibility index (Phi) is 5.88. The van der Waals surface area contributed by atoms with Gasteiger partial charge in [0.15, 0.2) is 30.4 Å². The average molecular weight is 573 g/mol. The van der Waals surface area contributed by atoms with Crippen molar-refractivity contribution < 1.29 is 38.2 Å². The van der Waals surface area contributed by atoms with Gasteiger partial charge in [-0.1, -0.05) is 34.1 Å². The Bertz CT molecular complexity index is 1240. The molecule has 0 bridgehead atoms. The fourth-order valence-electron chi connectivity index (χ4n) is 5.54. The lowest BCUT2D eigenvalue weighted by Gasteiger charge is -2.35. The highest BCUT2D eigenvalue weighted by atomic mass is 79.9. The predicted molar refractivity (Wildman–Crippen MR) is 132 cm³/mol. The number of carbonyl (C=O) groups is 3. The predicted octanol–water partition coefficient (Wildman–Crippen LogP) is 2.94. The minimum Gasteiger partial charge on any atom is -0.457 e. The first-order valence-electron chi connectivity index (χ1n) is 12.0. The van der Waals surface area contributed by atoms with Crippen molar-refractivity contribution in [1.29, 1.82) is 0 Å². The van der Waals surface area contributed by atoms with Gasteiger partial charge in [0.1, 0.15) is 18.1 Å². The van der Waals surface area contributed by atoms with E-state index in [0.717, 1.165) is 9.37 Å². The zero-order valence-corrected chi connectivity index (χ0v) is 21.9. The lowest BCUT2D eigenvalue weighted by molar-refractivity contribution is -0.221. The average Bonchev–Trinajstić information content (AvgIpc) is 3.54. The minimum atomic E-state index is -1.08. The SMILES string of the molecule is CC(=O)O[C@@H]1[C@H]2OC(C)(C)O[C@H]2O[C@@H]1[C@@H]1[C@H]2C(=O)N(c3ccc(Br)cc3)C(=O)[C@H]2ON1c1ccccc1. The van der Waals surface area contributed by atoms with E-state index < -0.39 is 66.2 Å². The van der Waals surface area contributed by atoms with Crippen molar-refractivity contribution >= 4 is 45.1 Å². The minimum absolute atomic E-state index is 0.426. The van der Waals surface area contributed by atoms with Gasteiger partial charge >= 0.3 is 5.97 Å². The molecule has 10 nitrogen and oxygen atoms in total. The molecule has 2 amide bonds. The standard InChI is InChI=1S/C26H25BrN2O8/c1-13(30)33-21-20(34-25-22(21)35-26(2,3)36-25)18-17-19(37-29(18)16-7-5-4-6-8-16)24(32)28(23(17)31)15-11-9-14(27)10-12-15/h4-12,17-22,25H,1-3H3/t17-,18+,19+,20-,21+,22-,25-/m1/s1. The Balaban J connectivity index is 1.40. The number of anilines is 2. The number of benzene rings is 2. The fraction of sp³-hybridized carbons (Fsp3) is 0.423. The topological polar surface area (TPSA) is 104 Å². The molecule has 0 spiro atoms. The van der Waals surface area contributed by atoms with Crippen molar-refractivity contribution in [3.8, 4) is 0 Å². The Morgan fingerprint density at radius 1 is 0.946 bits per heavy atom. The van der Waals surface area contributed by atoms with Crippen molar-refractivity contribution in [2.45, 2.75) is 63.3 Å². The molecule has 11 heteroatoms. The first kappa shape index (κ1) is 24.5. The number of halogens is 1. The van der Waals surface area contributed by atoms with Gasteiger partial charge in [0.2, 0.25) is 5.91 Å². The molecule has 7 atom stereocenters. The summed E-state index contributed by atoms with van der Waals surface area (Å²) in [4.78, 5) is 46.8. The quantitative estimate of drug-likeness (QED) is 0.404. The summed E-state index contributed by atoms with van der Waals surface area (Å²) in [6.45, 7) is 4.79. The lowest BCUT2D eigenvalue weighted by atomic mass is 9.89. The summed E-state index contributed by atoms with van der Waals surface area (Å²) in [5, 5.41) is 1.53. The number of rotatable bonds is 4. The van der Waals surface area contributed by atoms with Gasteiger partial charge in [0.05, 0.1) is 11.4 Å². The Morgan fingerprint density at radius 3 is 2.32 bits per heavy atom. The molecule has 194 valence electrons. The van der Waals surface area contributed by atoms with Crippen LogP contribution in [0.25, 0.3) is 0 Å². The Morgan fingerprint density at radius 2 is 1.65 bits per heavy atom. The van der Waals surface area contributed by atoms with Gasteiger partial charge in [-0.3, -0.25) is 19.2 Å². The normalized spacial score (nSPS) is 34.1. The summed E-state index contributed by atoms with van der Waals surface area (Å²) in [6.07, 6.45) is -4.40. The van der Waals surface area contributed by atoms with Gasteiger partial charge in [-0.25, -0.2) is 9.96 Å². The molecular formula is C26H25BrN2O8. The van der Waals surface area contributed by atoms with Crippen LogP contribution in [0.4, 0.5) is 11.4 Å². The number of hydrogen-bond donors (Lipinski definition) is 0. The molecule has 2 aromatic rings. The number of fused-ring (bicyclic) bond motifs is 2.